The molecule has 0 aliphatic rings. The van der Waals surface area contributed by atoms with E-state index in [0.29, 0.717) is 6.61 Å². The maximum Gasteiger partial charge on any atom is 0.323 e. The lowest BCUT2D eigenvalue weighted by molar-refractivity contribution is -0.119. The van der Waals surface area contributed by atoms with Gasteiger partial charge in [-0.05, 0) is 22.3 Å². The molecule has 0 fully saturated rings. The Kier molecular flexibility index (Phi) is 9.28. The first-order valence-corrected chi connectivity index (χ1v) is 12.4. The van der Waals surface area contributed by atoms with Gasteiger partial charge in [-0.2, -0.15) is 4.79 Å². The van der Waals surface area contributed by atoms with Gasteiger partial charge < -0.3 is 14.7 Å². The molecule has 0 saturated carbocycles. The molecule has 2 aromatic rings. The number of Topliss-reactive ketones (excluding diaryl/α,β-unsaturated/α-hetero) is 1. The summed E-state index contributed by atoms with van der Waals surface area (Å²) in [4.78, 5) is 14.9. The van der Waals surface area contributed by atoms with Gasteiger partial charge in [-0.3, -0.25) is 4.79 Å². The van der Waals surface area contributed by atoms with Crippen LogP contribution in [0.1, 0.15) is 34.1 Å². The highest BCUT2D eigenvalue weighted by atomic mass is 28.4. The fraction of sp³-hybridized carbons (Fsp3) is 0.360. The Balaban J connectivity index is 2.45. The van der Waals surface area contributed by atoms with Crippen LogP contribution in [0.5, 0.6) is 0 Å². The van der Waals surface area contributed by atoms with Crippen molar-refractivity contribution in [3.05, 3.63) is 78.3 Å². The van der Waals surface area contributed by atoms with Crippen molar-refractivity contribution in [1.29, 1.82) is 0 Å². The minimum Gasteiger partial charge on any atom is -0.405 e. The molecule has 0 aromatic heterocycles. The van der Waals surface area contributed by atoms with Gasteiger partial charge in [-0.15, -0.1) is 0 Å². The second-order valence-electron chi connectivity index (χ2n) is 8.41. The van der Waals surface area contributed by atoms with E-state index in [2.05, 4.69) is 49.8 Å². The molecular weight excluding hydrogens is 404 g/mol. The number of benzene rings is 2. The van der Waals surface area contributed by atoms with Crippen LogP contribution in [0.2, 0.25) is 5.04 Å². The smallest absolute Gasteiger partial charge is 0.323 e. The quantitative estimate of drug-likeness (QED) is 0.177. The van der Waals surface area contributed by atoms with Crippen LogP contribution in [0.25, 0.3) is 5.53 Å². The molecule has 0 radical (unpaired) electrons. The van der Waals surface area contributed by atoms with Crippen LogP contribution < -0.4 is 10.4 Å². The van der Waals surface area contributed by atoms with E-state index in [9.17, 15) is 4.79 Å². The zero-order valence-corrected chi connectivity index (χ0v) is 19.8. The highest BCUT2D eigenvalue weighted by Crippen LogP contribution is 2.36. The molecule has 0 heterocycles. The molecule has 31 heavy (non-hydrogen) atoms. The molecule has 0 aliphatic heterocycles. The number of ketones is 1. The van der Waals surface area contributed by atoms with Crippen molar-refractivity contribution in [2.45, 2.75) is 45.3 Å². The molecule has 0 N–H and O–H groups in total. The van der Waals surface area contributed by atoms with Crippen LogP contribution in [0.3, 0.4) is 0 Å². The number of rotatable bonds is 11. The largest absolute Gasteiger partial charge is 0.405 e. The third-order valence-electron chi connectivity index (χ3n) is 5.20. The average molecular weight is 437 g/mol. The highest BCUT2D eigenvalue weighted by molar-refractivity contribution is 6.99. The predicted octanol–water partition coefficient (Wildman–Crippen LogP) is 3.78. The minimum atomic E-state index is -2.72. The summed E-state index contributed by atoms with van der Waals surface area (Å²) in [5, 5.41) is 2.17. The van der Waals surface area contributed by atoms with Gasteiger partial charge in [0.1, 0.15) is 0 Å². The van der Waals surface area contributed by atoms with Gasteiger partial charge in [0.15, 0.2) is 0 Å². The number of nitrogens with zero attached hydrogens (tertiary/aromatic N) is 2. The second-order valence-corrected chi connectivity index (χ2v) is 12.7. The number of allylic oxidation sites excluding steroid dienone is 1. The minimum absolute atomic E-state index is 0.0832. The molecule has 0 spiro atoms. The molecule has 1 atom stereocenters. The van der Waals surface area contributed by atoms with E-state index in [1.54, 1.807) is 0 Å². The molecule has 0 unspecified atom stereocenters. The summed E-state index contributed by atoms with van der Waals surface area (Å²) < 4.78 is 12.8. The second kappa shape index (κ2) is 11.7. The van der Waals surface area contributed by atoms with Gasteiger partial charge in [0.05, 0.1) is 19.3 Å². The molecule has 2 aromatic carbocycles. The van der Waals surface area contributed by atoms with Crippen LogP contribution >= 0.6 is 0 Å². The van der Waals surface area contributed by atoms with Gasteiger partial charge in [-0.25, -0.2) is 0 Å². The maximum atomic E-state index is 12.1. The van der Waals surface area contributed by atoms with Crippen LogP contribution in [0.15, 0.2) is 72.8 Å². The number of carbonyl (C=O) groups excluding carboxylic acids is 1. The van der Waals surface area contributed by atoms with Crippen molar-refractivity contribution in [3.8, 4) is 0 Å². The number of hydrogen-bond donors (Lipinski definition) is 0. The van der Waals surface area contributed by atoms with Crippen molar-refractivity contribution >= 4 is 30.7 Å². The normalized spacial score (nSPS) is 13.0. The van der Waals surface area contributed by atoms with E-state index < -0.39 is 14.4 Å². The monoisotopic (exact) mass is 436 g/mol. The molecular formula is C25H32N2O3Si. The van der Waals surface area contributed by atoms with Crippen LogP contribution in [-0.4, -0.2) is 44.4 Å². The zero-order chi connectivity index (χ0) is 22.7. The lowest BCUT2D eigenvalue weighted by atomic mass is 10.2. The summed E-state index contributed by atoms with van der Waals surface area (Å²) in [7, 11) is -2.72. The lowest BCUT2D eigenvalue weighted by Crippen LogP contribution is -2.67. The van der Waals surface area contributed by atoms with Gasteiger partial charge in [0.25, 0.3) is 8.32 Å². The molecule has 5 nitrogen and oxygen atoms in total. The van der Waals surface area contributed by atoms with Crippen LogP contribution in [0.4, 0.5) is 0 Å². The Morgan fingerprint density at radius 1 is 1.06 bits per heavy atom. The van der Waals surface area contributed by atoms with Crippen LogP contribution in [-0.2, 0) is 14.0 Å². The highest BCUT2D eigenvalue weighted by Gasteiger charge is 2.50. The molecule has 0 saturated heterocycles. The van der Waals surface area contributed by atoms with Crippen molar-refractivity contribution in [2.75, 3.05) is 13.2 Å². The first kappa shape index (κ1) is 24.6. The van der Waals surface area contributed by atoms with E-state index >= 15 is 0 Å². The Morgan fingerprint density at radius 3 is 2.06 bits per heavy atom. The average Bonchev–Trinajstić information content (AvgIpc) is 2.75. The van der Waals surface area contributed by atoms with E-state index in [1.165, 1.54) is 10.4 Å². The van der Waals surface area contributed by atoms with E-state index in [1.807, 2.05) is 55.5 Å². The standard InChI is InChI=1S/C25H32N2O3Si/c1-5-6-17-29-22(18-21(28)19-27-26)20-30-31(25(2,3)4,23-13-9-7-10-14-23)24-15-11-8-12-16-24/h5-16,19,22H,17-18,20H2,1-4H3/b6-5+/t22-/m0/s1. The first-order valence-electron chi connectivity index (χ1n) is 10.5. The molecule has 0 bridgehead atoms. The third kappa shape index (κ3) is 6.42. The van der Waals surface area contributed by atoms with Gasteiger partial charge >= 0.3 is 6.21 Å². The van der Waals surface area contributed by atoms with Gasteiger partial charge in [-0.1, -0.05) is 93.6 Å². The van der Waals surface area contributed by atoms with Crippen LogP contribution in [0, 0.1) is 0 Å². The lowest BCUT2D eigenvalue weighted by Gasteiger charge is -2.43. The molecule has 164 valence electrons. The Hall–Kier alpha value is -2.63. The summed E-state index contributed by atoms with van der Waals surface area (Å²) in [5.41, 5.74) is 8.70. The number of carbonyl (C=O) groups is 1. The van der Waals surface area contributed by atoms with Crippen molar-refractivity contribution in [2.24, 2.45) is 0 Å². The Labute approximate surface area is 186 Å². The topological polar surface area (TPSA) is 71.9 Å². The Morgan fingerprint density at radius 2 is 1.61 bits per heavy atom. The predicted molar refractivity (Wildman–Crippen MR) is 127 cm³/mol. The molecule has 0 aliphatic carbocycles. The summed E-state index contributed by atoms with van der Waals surface area (Å²) in [6.07, 6.45) is 4.33. The summed E-state index contributed by atoms with van der Waals surface area (Å²) in [5.74, 6) is -0.306. The zero-order valence-electron chi connectivity index (χ0n) is 18.8. The summed E-state index contributed by atoms with van der Waals surface area (Å²) in [6, 6.07) is 20.7. The Bertz CT molecular complexity index is 862. The van der Waals surface area contributed by atoms with Crippen molar-refractivity contribution < 1.29 is 18.7 Å². The van der Waals surface area contributed by atoms with Gasteiger partial charge in [0.2, 0.25) is 5.78 Å². The molecule has 6 heteroatoms. The number of hydrogen-bond acceptors (Lipinski definition) is 3. The van der Waals surface area contributed by atoms with E-state index in [-0.39, 0.29) is 23.8 Å². The van der Waals surface area contributed by atoms with Gasteiger partial charge in [0, 0.05) is 6.42 Å². The van der Waals surface area contributed by atoms with E-state index in [4.69, 9.17) is 14.7 Å². The third-order valence-corrected chi connectivity index (χ3v) is 10.2. The first-order chi connectivity index (χ1) is 14.8. The fourth-order valence-electron chi connectivity index (χ4n) is 3.77. The molecule has 0 amide bonds. The summed E-state index contributed by atoms with van der Waals surface area (Å²) in [6.45, 7) is 9.18. The van der Waals surface area contributed by atoms with Crippen molar-refractivity contribution in [3.63, 3.8) is 0 Å². The van der Waals surface area contributed by atoms with E-state index in [0.717, 1.165) is 6.21 Å². The maximum absolute atomic E-state index is 12.1. The van der Waals surface area contributed by atoms with Crippen molar-refractivity contribution in [1.82, 2.24) is 0 Å². The summed E-state index contributed by atoms with van der Waals surface area (Å²) >= 11 is 0. The molecule has 2 rings (SSSR count). The number of ether oxygens (including phenoxy) is 1. The fourth-order valence-corrected chi connectivity index (χ4v) is 8.37. The SMILES string of the molecule is C/C=C/CO[C@H](CO[Si](c1ccccc1)(c1ccccc1)C(C)(C)C)CC(=O)C=[N+]=[N-].